The van der Waals surface area contributed by atoms with Gasteiger partial charge in [0.05, 0.1) is 33.6 Å². The number of carbonyl (C=O) groups is 3. The number of carbonyl (C=O) groups excluding carboxylic acids is 3. The molecule has 2 heterocycles. The zero-order chi connectivity index (χ0) is 24.0. The molecule has 6 nitrogen and oxygen atoms in total. The number of amides is 2. The summed E-state index contributed by atoms with van der Waals surface area (Å²) in [6, 6.07) is 19.1. The number of halogens is 1. The molecule has 0 atom stereocenters. The summed E-state index contributed by atoms with van der Waals surface area (Å²) in [7, 11) is 0. The largest absolute Gasteiger partial charge is 0.457 e. The third-order valence-electron chi connectivity index (χ3n) is 5.88. The Morgan fingerprint density at radius 2 is 1.65 bits per heavy atom. The molecule has 3 aromatic carbocycles. The first-order valence-electron chi connectivity index (χ1n) is 10.7. The summed E-state index contributed by atoms with van der Waals surface area (Å²) in [4.78, 5) is 45.2. The third-order valence-corrected chi connectivity index (χ3v) is 6.13. The molecule has 0 saturated carbocycles. The predicted octanol–water partition coefficient (Wildman–Crippen LogP) is 5.66. The van der Waals surface area contributed by atoms with Gasteiger partial charge in [-0.1, -0.05) is 48.0 Å². The minimum atomic E-state index is -0.559. The van der Waals surface area contributed by atoms with Gasteiger partial charge in [-0.25, -0.2) is 9.69 Å². The number of para-hydroxylation sites is 1. The number of benzene rings is 3. The molecule has 7 heteroatoms. The molecule has 1 aromatic heterocycles. The van der Waals surface area contributed by atoms with Crippen LogP contribution in [0.5, 0.6) is 0 Å². The quantitative estimate of drug-likeness (QED) is 0.284. The first kappa shape index (κ1) is 21.8. The molecule has 2 amide bonds. The van der Waals surface area contributed by atoms with Crippen LogP contribution in [0.2, 0.25) is 5.02 Å². The highest BCUT2D eigenvalue weighted by Gasteiger charge is 2.40. The molecule has 1 aliphatic rings. The Morgan fingerprint density at radius 3 is 2.41 bits per heavy atom. The zero-order valence-corrected chi connectivity index (χ0v) is 19.2. The van der Waals surface area contributed by atoms with Gasteiger partial charge in [0.15, 0.2) is 0 Å². The van der Waals surface area contributed by atoms with E-state index in [1.54, 1.807) is 56.3 Å². The van der Waals surface area contributed by atoms with Gasteiger partial charge >= 0.3 is 5.97 Å². The van der Waals surface area contributed by atoms with Gasteiger partial charge in [-0.15, -0.1) is 0 Å². The second-order valence-electron chi connectivity index (χ2n) is 8.11. The van der Waals surface area contributed by atoms with Gasteiger partial charge in [0.25, 0.3) is 11.8 Å². The van der Waals surface area contributed by atoms with Gasteiger partial charge < -0.3 is 4.74 Å². The molecule has 0 saturated heterocycles. The number of nitrogens with zero attached hydrogens (tertiary/aromatic N) is 2. The van der Waals surface area contributed by atoms with Crippen molar-refractivity contribution in [1.82, 2.24) is 4.98 Å². The van der Waals surface area contributed by atoms with Crippen molar-refractivity contribution in [2.24, 2.45) is 0 Å². The molecule has 34 heavy (non-hydrogen) atoms. The second kappa shape index (κ2) is 8.39. The Balaban J connectivity index is 1.48. The average Bonchev–Trinajstić information content (AvgIpc) is 3.10. The van der Waals surface area contributed by atoms with E-state index in [0.29, 0.717) is 44.0 Å². The molecule has 0 bridgehead atoms. The standard InChI is InChI=1S/C27H19ClN2O4/c1-15-7-10-18(27(33)34-14-17-8-11-19(28)12-9-17)13-22(15)30-25(31)23-16(2)29-21-6-4-3-5-20(21)24(23)26(30)32/h3-13H,14H2,1-2H3. The summed E-state index contributed by atoms with van der Waals surface area (Å²) < 4.78 is 5.42. The number of esters is 1. The number of rotatable bonds is 4. The Bertz CT molecular complexity index is 1500. The van der Waals surface area contributed by atoms with Crippen molar-refractivity contribution >= 4 is 46.0 Å². The minimum absolute atomic E-state index is 0.0725. The number of anilines is 1. The highest BCUT2D eigenvalue weighted by Crippen LogP contribution is 2.36. The number of hydrogen-bond acceptors (Lipinski definition) is 5. The van der Waals surface area contributed by atoms with Crippen LogP contribution in [0.4, 0.5) is 5.69 Å². The smallest absolute Gasteiger partial charge is 0.338 e. The van der Waals surface area contributed by atoms with Gasteiger partial charge in [-0.05, 0) is 55.3 Å². The van der Waals surface area contributed by atoms with E-state index in [2.05, 4.69) is 4.98 Å². The maximum atomic E-state index is 13.5. The van der Waals surface area contributed by atoms with Crippen molar-refractivity contribution < 1.29 is 19.1 Å². The van der Waals surface area contributed by atoms with Crippen LogP contribution in [0.15, 0.2) is 66.7 Å². The Morgan fingerprint density at radius 1 is 0.941 bits per heavy atom. The molecular formula is C27H19ClN2O4. The van der Waals surface area contributed by atoms with Crippen LogP contribution < -0.4 is 4.90 Å². The minimum Gasteiger partial charge on any atom is -0.457 e. The lowest BCUT2D eigenvalue weighted by Gasteiger charge is -2.17. The first-order chi connectivity index (χ1) is 16.3. The van der Waals surface area contributed by atoms with E-state index in [4.69, 9.17) is 16.3 Å². The van der Waals surface area contributed by atoms with E-state index in [-0.39, 0.29) is 12.2 Å². The first-order valence-corrected chi connectivity index (χ1v) is 11.0. The second-order valence-corrected chi connectivity index (χ2v) is 8.55. The lowest BCUT2D eigenvalue weighted by Crippen LogP contribution is -2.30. The molecule has 0 aliphatic carbocycles. The number of aryl methyl sites for hydroxylation is 2. The predicted molar refractivity (Wildman–Crippen MR) is 129 cm³/mol. The number of imide groups is 1. The normalized spacial score (nSPS) is 12.9. The Kier molecular flexibility index (Phi) is 5.38. The average molecular weight is 471 g/mol. The topological polar surface area (TPSA) is 76.6 Å². The summed E-state index contributed by atoms with van der Waals surface area (Å²) in [6.07, 6.45) is 0. The fourth-order valence-electron chi connectivity index (χ4n) is 4.14. The third kappa shape index (κ3) is 3.62. The van der Waals surface area contributed by atoms with Crippen LogP contribution in [-0.2, 0) is 11.3 Å². The van der Waals surface area contributed by atoms with Crippen molar-refractivity contribution in [3.63, 3.8) is 0 Å². The van der Waals surface area contributed by atoms with Crippen molar-refractivity contribution in [2.75, 3.05) is 4.90 Å². The maximum absolute atomic E-state index is 13.5. The number of fused-ring (bicyclic) bond motifs is 3. The summed E-state index contributed by atoms with van der Waals surface area (Å²) in [5.74, 6) is -1.45. The molecule has 0 fully saturated rings. The number of ether oxygens (including phenoxy) is 1. The van der Waals surface area contributed by atoms with Crippen LogP contribution in [0.3, 0.4) is 0 Å². The fourth-order valence-corrected chi connectivity index (χ4v) is 4.27. The van der Waals surface area contributed by atoms with Crippen molar-refractivity contribution in [3.05, 3.63) is 105 Å². The number of aromatic nitrogens is 1. The van der Waals surface area contributed by atoms with Crippen molar-refractivity contribution in [2.45, 2.75) is 20.5 Å². The maximum Gasteiger partial charge on any atom is 0.338 e. The molecular weight excluding hydrogens is 452 g/mol. The molecule has 0 N–H and O–H groups in total. The van der Waals surface area contributed by atoms with E-state index in [1.165, 1.54) is 6.07 Å². The van der Waals surface area contributed by atoms with Crippen LogP contribution in [-0.4, -0.2) is 22.8 Å². The van der Waals surface area contributed by atoms with Crippen molar-refractivity contribution in [3.8, 4) is 0 Å². The SMILES string of the molecule is Cc1ccc(C(=O)OCc2ccc(Cl)cc2)cc1N1C(=O)c2c(C)nc3ccccc3c2C1=O. The number of hydrogen-bond donors (Lipinski definition) is 0. The van der Waals surface area contributed by atoms with Gasteiger partial charge in [-0.2, -0.15) is 0 Å². The molecule has 1 aliphatic heterocycles. The van der Waals surface area contributed by atoms with Crippen LogP contribution in [0.1, 0.15) is 47.9 Å². The Hall–Kier alpha value is -4.03. The Labute approximate surface area is 200 Å². The van der Waals surface area contributed by atoms with E-state index < -0.39 is 17.8 Å². The zero-order valence-electron chi connectivity index (χ0n) is 18.5. The van der Waals surface area contributed by atoms with E-state index in [9.17, 15) is 14.4 Å². The van der Waals surface area contributed by atoms with Crippen LogP contribution in [0.25, 0.3) is 10.9 Å². The van der Waals surface area contributed by atoms with Gasteiger partial charge in [0.2, 0.25) is 0 Å². The van der Waals surface area contributed by atoms with Gasteiger partial charge in [0.1, 0.15) is 6.61 Å². The molecule has 4 aromatic rings. The molecule has 168 valence electrons. The molecule has 0 unspecified atom stereocenters. The highest BCUT2D eigenvalue weighted by atomic mass is 35.5. The van der Waals surface area contributed by atoms with E-state index in [1.807, 2.05) is 18.2 Å². The fraction of sp³-hybridized carbons (Fsp3) is 0.111. The summed E-state index contributed by atoms with van der Waals surface area (Å²) in [5, 5.41) is 1.22. The molecule has 0 spiro atoms. The molecule has 5 rings (SSSR count). The lowest BCUT2D eigenvalue weighted by atomic mass is 10.0. The summed E-state index contributed by atoms with van der Waals surface area (Å²) >= 11 is 5.89. The van der Waals surface area contributed by atoms with Gasteiger partial charge in [0, 0.05) is 10.4 Å². The highest BCUT2D eigenvalue weighted by molar-refractivity contribution is 6.38. The van der Waals surface area contributed by atoms with E-state index >= 15 is 0 Å². The lowest BCUT2D eigenvalue weighted by molar-refractivity contribution is 0.0472. The van der Waals surface area contributed by atoms with Crippen molar-refractivity contribution in [1.29, 1.82) is 0 Å². The number of pyridine rings is 1. The van der Waals surface area contributed by atoms with Crippen LogP contribution in [0, 0.1) is 13.8 Å². The summed E-state index contributed by atoms with van der Waals surface area (Å²) in [6.45, 7) is 3.57. The monoisotopic (exact) mass is 470 g/mol. The van der Waals surface area contributed by atoms with Gasteiger partial charge in [-0.3, -0.25) is 14.6 Å². The summed E-state index contributed by atoms with van der Waals surface area (Å²) in [5.41, 5.74) is 3.83. The van der Waals surface area contributed by atoms with E-state index in [0.717, 1.165) is 10.5 Å². The molecule has 0 radical (unpaired) electrons. The van der Waals surface area contributed by atoms with Crippen LogP contribution >= 0.6 is 11.6 Å².